The number of aromatic nitrogens is 2. The molecule has 0 aliphatic heterocycles. The molecule has 0 fully saturated rings. The summed E-state index contributed by atoms with van der Waals surface area (Å²) in [5, 5.41) is 3.12. The highest BCUT2D eigenvalue weighted by Crippen LogP contribution is 2.16. The predicted molar refractivity (Wildman–Crippen MR) is 76.7 cm³/mol. The largest absolute Gasteiger partial charge is 0.468 e. The number of methoxy groups -OCH3 is 1. The first-order valence-corrected chi connectivity index (χ1v) is 6.52. The van der Waals surface area contributed by atoms with Gasteiger partial charge in [-0.3, -0.25) is 4.79 Å². The third-order valence-electron chi connectivity index (χ3n) is 3.28. The second-order valence-corrected chi connectivity index (χ2v) is 4.61. The van der Waals surface area contributed by atoms with Crippen LogP contribution in [0.1, 0.15) is 24.4 Å². The second-order valence-electron chi connectivity index (χ2n) is 4.61. The molecule has 20 heavy (non-hydrogen) atoms. The van der Waals surface area contributed by atoms with E-state index in [9.17, 15) is 4.79 Å². The van der Waals surface area contributed by atoms with Crippen molar-refractivity contribution < 1.29 is 9.53 Å². The fourth-order valence-corrected chi connectivity index (χ4v) is 2.00. The van der Waals surface area contributed by atoms with Crippen LogP contribution in [0.25, 0.3) is 5.69 Å². The summed E-state index contributed by atoms with van der Waals surface area (Å²) in [4.78, 5) is 15.3. The number of benzene rings is 1. The van der Waals surface area contributed by atoms with E-state index in [1.165, 1.54) is 7.11 Å². The number of esters is 1. The fourth-order valence-electron chi connectivity index (χ4n) is 2.00. The molecule has 1 atom stereocenters. The minimum Gasteiger partial charge on any atom is -0.468 e. The van der Waals surface area contributed by atoms with Crippen molar-refractivity contribution >= 4 is 5.97 Å². The number of imidazole rings is 1. The summed E-state index contributed by atoms with van der Waals surface area (Å²) in [6, 6.07) is 8.26. The molecule has 2 rings (SSSR count). The van der Waals surface area contributed by atoms with Crippen molar-refractivity contribution in [3.8, 4) is 5.69 Å². The number of carbonyl (C=O) groups excluding carboxylic acids is 1. The molecule has 1 N–H and O–H groups in total. The van der Waals surface area contributed by atoms with E-state index in [4.69, 9.17) is 0 Å². The van der Waals surface area contributed by atoms with Gasteiger partial charge in [-0.25, -0.2) is 4.98 Å². The van der Waals surface area contributed by atoms with E-state index in [0.29, 0.717) is 0 Å². The molecule has 0 saturated heterocycles. The number of hydrogen-bond donors (Lipinski definition) is 1. The van der Waals surface area contributed by atoms with Gasteiger partial charge in [0.25, 0.3) is 0 Å². The van der Waals surface area contributed by atoms with Crippen molar-refractivity contribution in [1.82, 2.24) is 14.9 Å². The van der Waals surface area contributed by atoms with Gasteiger partial charge in [-0.15, -0.1) is 0 Å². The number of carbonyl (C=O) groups is 1. The van der Waals surface area contributed by atoms with E-state index in [0.717, 1.165) is 17.1 Å². The van der Waals surface area contributed by atoms with Gasteiger partial charge in [-0.1, -0.05) is 12.1 Å². The maximum Gasteiger partial charge on any atom is 0.319 e. The van der Waals surface area contributed by atoms with Gasteiger partial charge in [0.2, 0.25) is 0 Å². The zero-order chi connectivity index (χ0) is 14.5. The van der Waals surface area contributed by atoms with Gasteiger partial charge in [0.1, 0.15) is 5.82 Å². The minimum atomic E-state index is -0.262. The maximum atomic E-state index is 11.1. The monoisotopic (exact) mass is 273 g/mol. The molecule has 0 amide bonds. The molecular weight excluding hydrogens is 254 g/mol. The Morgan fingerprint density at radius 2 is 2.10 bits per heavy atom. The molecule has 106 valence electrons. The van der Waals surface area contributed by atoms with Crippen LogP contribution in [0.15, 0.2) is 36.7 Å². The molecule has 1 aromatic carbocycles. The van der Waals surface area contributed by atoms with Crippen molar-refractivity contribution in [3.63, 3.8) is 0 Å². The Hall–Kier alpha value is -2.14. The number of aryl methyl sites for hydroxylation is 1. The van der Waals surface area contributed by atoms with Crippen molar-refractivity contribution in [2.75, 3.05) is 13.7 Å². The number of hydrogen-bond acceptors (Lipinski definition) is 4. The molecule has 0 aliphatic rings. The van der Waals surface area contributed by atoms with E-state index < -0.39 is 0 Å². The highest BCUT2D eigenvalue weighted by atomic mass is 16.5. The first-order valence-electron chi connectivity index (χ1n) is 6.52. The Balaban J connectivity index is 2.04. The van der Waals surface area contributed by atoms with Crippen LogP contribution in [0, 0.1) is 6.92 Å². The molecule has 0 aliphatic carbocycles. The van der Waals surface area contributed by atoms with E-state index >= 15 is 0 Å². The zero-order valence-corrected chi connectivity index (χ0v) is 12.0. The number of nitrogens with one attached hydrogen (secondary N) is 1. The van der Waals surface area contributed by atoms with Crippen LogP contribution in [0.2, 0.25) is 0 Å². The first kappa shape index (κ1) is 14.3. The molecular formula is C15H19N3O2. The van der Waals surface area contributed by atoms with Crippen molar-refractivity contribution in [2.45, 2.75) is 19.9 Å². The van der Waals surface area contributed by atoms with Gasteiger partial charge >= 0.3 is 5.97 Å². The molecule has 0 saturated carbocycles. The topological polar surface area (TPSA) is 56.1 Å². The summed E-state index contributed by atoms with van der Waals surface area (Å²) in [7, 11) is 1.39. The minimum absolute atomic E-state index is 0.0898. The predicted octanol–water partition coefficient (Wildman–Crippen LogP) is 2.00. The third-order valence-corrected chi connectivity index (χ3v) is 3.28. The van der Waals surface area contributed by atoms with Crippen LogP contribution in [-0.2, 0) is 9.53 Å². The van der Waals surface area contributed by atoms with Gasteiger partial charge in [0.05, 0.1) is 13.7 Å². The number of rotatable bonds is 5. The number of nitrogens with zero attached hydrogens (tertiary/aromatic N) is 2. The van der Waals surface area contributed by atoms with E-state index in [2.05, 4.69) is 15.0 Å². The van der Waals surface area contributed by atoms with Gasteiger partial charge in [0, 0.05) is 24.1 Å². The summed E-state index contributed by atoms with van der Waals surface area (Å²) in [6.07, 6.45) is 3.72. The molecule has 2 aromatic rings. The average molecular weight is 273 g/mol. The maximum absolute atomic E-state index is 11.1. The van der Waals surface area contributed by atoms with Gasteiger partial charge < -0.3 is 14.6 Å². The lowest BCUT2D eigenvalue weighted by molar-refractivity contribution is -0.139. The lowest BCUT2D eigenvalue weighted by Gasteiger charge is -2.14. The molecule has 1 heterocycles. The fraction of sp³-hybridized carbons (Fsp3) is 0.333. The Kier molecular flexibility index (Phi) is 4.53. The molecule has 5 heteroatoms. The molecule has 1 aromatic heterocycles. The summed E-state index contributed by atoms with van der Waals surface area (Å²) < 4.78 is 6.63. The Morgan fingerprint density at radius 3 is 2.65 bits per heavy atom. The number of ether oxygens (including phenoxy) is 1. The zero-order valence-electron chi connectivity index (χ0n) is 12.0. The van der Waals surface area contributed by atoms with Crippen LogP contribution in [0.3, 0.4) is 0 Å². The smallest absolute Gasteiger partial charge is 0.319 e. The van der Waals surface area contributed by atoms with E-state index in [-0.39, 0.29) is 18.6 Å². The highest BCUT2D eigenvalue weighted by Gasteiger charge is 2.08. The molecule has 0 unspecified atom stereocenters. The van der Waals surface area contributed by atoms with Crippen LogP contribution in [0.5, 0.6) is 0 Å². The average Bonchev–Trinajstić information content (AvgIpc) is 2.90. The lowest BCUT2D eigenvalue weighted by Crippen LogP contribution is -2.26. The Bertz CT molecular complexity index is 575. The highest BCUT2D eigenvalue weighted by molar-refractivity contribution is 5.71. The quantitative estimate of drug-likeness (QED) is 0.847. The summed E-state index contributed by atoms with van der Waals surface area (Å²) >= 11 is 0. The Labute approximate surface area is 118 Å². The summed E-state index contributed by atoms with van der Waals surface area (Å²) in [6.45, 7) is 4.19. The molecule has 0 bridgehead atoms. The van der Waals surface area contributed by atoms with E-state index in [1.807, 2.05) is 48.9 Å². The second kappa shape index (κ2) is 6.34. The SMILES string of the molecule is COC(=O)CN[C@H](C)c1ccc(-n2ccnc2C)cc1. The van der Waals surface area contributed by atoms with Gasteiger partial charge in [0.15, 0.2) is 0 Å². The van der Waals surface area contributed by atoms with Crippen molar-refractivity contribution in [1.29, 1.82) is 0 Å². The van der Waals surface area contributed by atoms with E-state index in [1.54, 1.807) is 6.20 Å². The molecule has 5 nitrogen and oxygen atoms in total. The summed E-state index contributed by atoms with van der Waals surface area (Å²) in [5.74, 6) is 0.692. The van der Waals surface area contributed by atoms with Crippen molar-refractivity contribution in [2.24, 2.45) is 0 Å². The van der Waals surface area contributed by atoms with Crippen LogP contribution < -0.4 is 5.32 Å². The Morgan fingerprint density at radius 1 is 1.40 bits per heavy atom. The van der Waals surface area contributed by atoms with Crippen LogP contribution in [-0.4, -0.2) is 29.2 Å². The van der Waals surface area contributed by atoms with Gasteiger partial charge in [-0.05, 0) is 31.5 Å². The standard InChI is InChI=1S/C15H19N3O2/c1-11(17-10-15(19)20-3)13-4-6-14(7-5-13)18-9-8-16-12(18)2/h4-9,11,17H,10H2,1-3H3/t11-/m1/s1. The van der Waals surface area contributed by atoms with Crippen molar-refractivity contribution in [3.05, 3.63) is 48.0 Å². The third kappa shape index (κ3) is 3.24. The first-order chi connectivity index (χ1) is 9.61. The molecule has 0 spiro atoms. The summed E-state index contributed by atoms with van der Waals surface area (Å²) in [5.41, 5.74) is 2.19. The van der Waals surface area contributed by atoms with Gasteiger partial charge in [-0.2, -0.15) is 0 Å². The van der Waals surface area contributed by atoms with Crippen LogP contribution >= 0.6 is 0 Å². The molecule has 0 radical (unpaired) electrons. The lowest BCUT2D eigenvalue weighted by atomic mass is 10.1. The normalized spacial score (nSPS) is 12.2. The van der Waals surface area contributed by atoms with Crippen LogP contribution in [0.4, 0.5) is 0 Å².